The van der Waals surface area contributed by atoms with Crippen molar-refractivity contribution in [3.05, 3.63) is 35.9 Å². The first kappa shape index (κ1) is 16.0. The van der Waals surface area contributed by atoms with Gasteiger partial charge < -0.3 is 14.5 Å². The second-order valence-electron chi connectivity index (χ2n) is 6.58. The van der Waals surface area contributed by atoms with E-state index in [9.17, 15) is 9.59 Å². The molecule has 2 amide bonds. The summed E-state index contributed by atoms with van der Waals surface area (Å²) in [6, 6.07) is 10.3. The lowest BCUT2D eigenvalue weighted by molar-refractivity contribution is -0.138. The van der Waals surface area contributed by atoms with Gasteiger partial charge in [-0.1, -0.05) is 30.3 Å². The molecular formula is C18H24N2O3. The Bertz CT molecular complexity index is 589. The summed E-state index contributed by atoms with van der Waals surface area (Å²) in [7, 11) is 3.38. The lowest BCUT2D eigenvalue weighted by Crippen LogP contribution is -2.46. The number of carbonyl (C=O) groups excluding carboxylic acids is 2. The molecule has 2 unspecified atom stereocenters. The van der Waals surface area contributed by atoms with Crippen molar-refractivity contribution in [3.8, 4) is 0 Å². The molecule has 0 radical (unpaired) electrons. The maximum Gasteiger partial charge on any atom is 0.248 e. The Morgan fingerprint density at radius 3 is 2.65 bits per heavy atom. The van der Waals surface area contributed by atoms with Gasteiger partial charge in [-0.05, 0) is 18.4 Å². The molecule has 124 valence electrons. The molecule has 1 aromatic rings. The number of carbonyl (C=O) groups is 2. The number of methoxy groups -OCH3 is 1. The van der Waals surface area contributed by atoms with Gasteiger partial charge in [0.05, 0.1) is 6.04 Å². The van der Waals surface area contributed by atoms with Gasteiger partial charge in [-0.15, -0.1) is 0 Å². The molecule has 0 saturated carbocycles. The molecule has 0 bridgehead atoms. The fraction of sp³-hybridized carbons (Fsp3) is 0.556. The van der Waals surface area contributed by atoms with Gasteiger partial charge in [-0.2, -0.15) is 0 Å². The topological polar surface area (TPSA) is 49.9 Å². The summed E-state index contributed by atoms with van der Waals surface area (Å²) < 4.78 is 5.03. The largest absolute Gasteiger partial charge is 0.375 e. The van der Waals surface area contributed by atoms with Gasteiger partial charge in [0.15, 0.2) is 0 Å². The third-order valence-corrected chi connectivity index (χ3v) is 5.44. The van der Waals surface area contributed by atoms with E-state index in [1.54, 1.807) is 4.90 Å². The van der Waals surface area contributed by atoms with Crippen molar-refractivity contribution >= 4 is 11.8 Å². The fourth-order valence-electron chi connectivity index (χ4n) is 4.11. The molecule has 2 aliphatic rings. The van der Waals surface area contributed by atoms with Crippen molar-refractivity contribution in [2.45, 2.75) is 30.7 Å². The van der Waals surface area contributed by atoms with Gasteiger partial charge in [0.2, 0.25) is 11.8 Å². The van der Waals surface area contributed by atoms with Crippen molar-refractivity contribution in [1.29, 1.82) is 0 Å². The molecule has 0 N–H and O–H groups in total. The van der Waals surface area contributed by atoms with Crippen LogP contribution in [0.5, 0.6) is 0 Å². The summed E-state index contributed by atoms with van der Waals surface area (Å²) in [5.74, 6) is 0.0950. The molecule has 23 heavy (non-hydrogen) atoms. The first-order valence-corrected chi connectivity index (χ1v) is 8.16. The van der Waals surface area contributed by atoms with Crippen molar-refractivity contribution in [3.63, 3.8) is 0 Å². The molecule has 2 heterocycles. The molecule has 5 nitrogen and oxygen atoms in total. The molecule has 2 aliphatic heterocycles. The molecule has 3 rings (SSSR count). The van der Waals surface area contributed by atoms with Crippen LogP contribution in [0.4, 0.5) is 0 Å². The number of rotatable bonds is 3. The zero-order valence-corrected chi connectivity index (χ0v) is 13.8. The van der Waals surface area contributed by atoms with Gasteiger partial charge in [-0.3, -0.25) is 9.59 Å². The molecule has 2 saturated heterocycles. The highest BCUT2D eigenvalue weighted by molar-refractivity contribution is 5.82. The van der Waals surface area contributed by atoms with Gasteiger partial charge in [0, 0.05) is 39.1 Å². The summed E-state index contributed by atoms with van der Waals surface area (Å²) in [6.07, 6.45) is 2.18. The monoisotopic (exact) mass is 316 g/mol. The van der Waals surface area contributed by atoms with Gasteiger partial charge in [0.25, 0.3) is 0 Å². The Morgan fingerprint density at radius 2 is 1.96 bits per heavy atom. The van der Waals surface area contributed by atoms with E-state index < -0.39 is 0 Å². The van der Waals surface area contributed by atoms with Crippen LogP contribution in [0.25, 0.3) is 0 Å². The molecule has 2 atom stereocenters. The Labute approximate surface area is 137 Å². The second-order valence-corrected chi connectivity index (χ2v) is 6.58. The quantitative estimate of drug-likeness (QED) is 0.847. The van der Waals surface area contributed by atoms with Crippen molar-refractivity contribution < 1.29 is 14.3 Å². The number of hydrogen-bond acceptors (Lipinski definition) is 3. The number of hydrogen-bond donors (Lipinski definition) is 0. The van der Waals surface area contributed by atoms with E-state index in [0.29, 0.717) is 13.0 Å². The molecule has 0 aliphatic carbocycles. The smallest absolute Gasteiger partial charge is 0.248 e. The van der Waals surface area contributed by atoms with Crippen LogP contribution in [0, 0.1) is 0 Å². The molecule has 0 aromatic heterocycles. The minimum atomic E-state index is -0.134. The lowest BCUT2D eigenvalue weighted by atomic mass is 9.71. The minimum absolute atomic E-state index is 0.0207. The van der Waals surface area contributed by atoms with Crippen LogP contribution < -0.4 is 0 Å². The van der Waals surface area contributed by atoms with Crippen LogP contribution in [0.2, 0.25) is 0 Å². The number of nitrogens with zero attached hydrogens (tertiary/aromatic N) is 2. The van der Waals surface area contributed by atoms with Crippen molar-refractivity contribution in [1.82, 2.24) is 9.80 Å². The second kappa shape index (κ2) is 6.32. The van der Waals surface area contributed by atoms with E-state index in [1.807, 2.05) is 30.1 Å². The van der Waals surface area contributed by atoms with Gasteiger partial charge in [-0.25, -0.2) is 0 Å². The Balaban J connectivity index is 2.00. The Morgan fingerprint density at radius 1 is 1.26 bits per heavy atom. The predicted molar refractivity (Wildman–Crippen MR) is 87.0 cm³/mol. The van der Waals surface area contributed by atoms with Crippen LogP contribution in [0.3, 0.4) is 0 Å². The van der Waals surface area contributed by atoms with Crippen LogP contribution >= 0.6 is 0 Å². The zero-order chi connectivity index (χ0) is 16.4. The molecule has 2 fully saturated rings. The summed E-state index contributed by atoms with van der Waals surface area (Å²) in [5, 5.41) is 0. The first-order chi connectivity index (χ1) is 11.1. The van der Waals surface area contributed by atoms with Crippen molar-refractivity contribution in [2.75, 3.05) is 33.9 Å². The first-order valence-electron chi connectivity index (χ1n) is 8.16. The normalized spacial score (nSPS) is 27.7. The highest BCUT2D eigenvalue weighted by atomic mass is 16.5. The third-order valence-electron chi connectivity index (χ3n) is 5.44. The Kier molecular flexibility index (Phi) is 4.39. The van der Waals surface area contributed by atoms with Crippen LogP contribution in [0.15, 0.2) is 30.3 Å². The van der Waals surface area contributed by atoms with Gasteiger partial charge in [0.1, 0.15) is 6.61 Å². The highest BCUT2D eigenvalue weighted by Gasteiger charge is 2.52. The molecule has 1 aromatic carbocycles. The predicted octanol–water partition coefficient (Wildman–Crippen LogP) is 1.42. The van der Waals surface area contributed by atoms with Crippen molar-refractivity contribution in [2.24, 2.45) is 0 Å². The number of likely N-dealkylation sites (tertiary alicyclic amines) is 2. The maximum absolute atomic E-state index is 12.5. The average molecular weight is 316 g/mol. The number of ether oxygens (including phenoxy) is 1. The lowest BCUT2D eigenvalue weighted by Gasteiger charge is -2.36. The van der Waals surface area contributed by atoms with Crippen LogP contribution in [-0.2, 0) is 19.7 Å². The zero-order valence-electron chi connectivity index (χ0n) is 13.8. The van der Waals surface area contributed by atoms with E-state index in [4.69, 9.17) is 4.74 Å². The third kappa shape index (κ3) is 2.74. The van der Waals surface area contributed by atoms with Crippen LogP contribution in [0.1, 0.15) is 24.8 Å². The Hall–Kier alpha value is -1.88. The molecule has 0 spiro atoms. The molecule has 5 heteroatoms. The average Bonchev–Trinajstić information content (AvgIpc) is 2.87. The van der Waals surface area contributed by atoms with E-state index in [0.717, 1.165) is 19.4 Å². The summed E-state index contributed by atoms with van der Waals surface area (Å²) in [6.45, 7) is 1.50. The fourth-order valence-corrected chi connectivity index (χ4v) is 4.11. The SMILES string of the molecule is COCC(=O)N1CCC2(c3ccccc3)CCN(C)C(=O)CC12. The minimum Gasteiger partial charge on any atom is -0.375 e. The van der Waals surface area contributed by atoms with E-state index in [1.165, 1.54) is 12.7 Å². The van der Waals surface area contributed by atoms with E-state index >= 15 is 0 Å². The number of fused-ring (bicyclic) bond motifs is 1. The molecular weight excluding hydrogens is 292 g/mol. The van der Waals surface area contributed by atoms with E-state index in [2.05, 4.69) is 12.1 Å². The summed E-state index contributed by atoms with van der Waals surface area (Å²) in [4.78, 5) is 28.5. The summed E-state index contributed by atoms with van der Waals surface area (Å²) >= 11 is 0. The standard InChI is InChI=1S/C18H24N2O3/c1-19-10-8-18(14-6-4-3-5-7-14)9-11-20(17(22)13-23-2)15(18)12-16(19)21/h3-7,15H,8-13H2,1-2H3. The van der Waals surface area contributed by atoms with Crippen LogP contribution in [-0.4, -0.2) is 61.5 Å². The number of benzene rings is 1. The maximum atomic E-state index is 12.5. The highest BCUT2D eigenvalue weighted by Crippen LogP contribution is 2.46. The van der Waals surface area contributed by atoms with Gasteiger partial charge >= 0.3 is 0 Å². The van der Waals surface area contributed by atoms with E-state index in [-0.39, 0.29) is 29.9 Å². The number of amides is 2. The summed E-state index contributed by atoms with van der Waals surface area (Å²) in [5.41, 5.74) is 1.10.